The van der Waals surface area contributed by atoms with Gasteiger partial charge in [0.25, 0.3) is 5.91 Å². The Balaban J connectivity index is 2.51. The molecule has 3 unspecified atom stereocenters. The fraction of sp³-hybridized carbons (Fsp3) is 0.400. The molecule has 10 nitrogen and oxygen atoms in total. The Morgan fingerprint density at radius 3 is 2.65 bits per heavy atom. The van der Waals surface area contributed by atoms with Gasteiger partial charge in [-0.05, 0) is 6.92 Å². The van der Waals surface area contributed by atoms with Gasteiger partial charge in [-0.3, -0.25) is 15.3 Å². The molecule has 0 saturated heterocycles. The average Bonchev–Trinajstić information content (AvgIpc) is 2.85. The highest BCUT2D eigenvalue weighted by Crippen LogP contribution is 2.20. The SMILES string of the molecule is CC(O)C(N)C(=O)C1(N)N=C(C(N)=O)N=C2N=CN=C21. The summed E-state index contributed by atoms with van der Waals surface area (Å²) in [7, 11) is 0. The highest BCUT2D eigenvalue weighted by atomic mass is 16.3. The molecule has 0 radical (unpaired) electrons. The van der Waals surface area contributed by atoms with Crippen molar-refractivity contribution in [2.45, 2.75) is 24.7 Å². The molecule has 2 aliphatic rings. The second kappa shape index (κ2) is 4.67. The van der Waals surface area contributed by atoms with E-state index in [0.717, 1.165) is 6.34 Å². The number of amidine groups is 2. The summed E-state index contributed by atoms with van der Waals surface area (Å²) in [5.41, 5.74) is 14.5. The van der Waals surface area contributed by atoms with Crippen molar-refractivity contribution in [2.24, 2.45) is 37.2 Å². The summed E-state index contributed by atoms with van der Waals surface area (Å²) in [5.74, 6) is -2.26. The van der Waals surface area contributed by atoms with Crippen LogP contribution in [0, 0.1) is 0 Å². The van der Waals surface area contributed by atoms with Crippen molar-refractivity contribution in [3.8, 4) is 0 Å². The predicted octanol–water partition coefficient (Wildman–Crippen LogP) is -3.30. The first-order chi connectivity index (χ1) is 9.27. The van der Waals surface area contributed by atoms with Gasteiger partial charge in [0.05, 0.1) is 12.1 Å². The van der Waals surface area contributed by atoms with Crippen molar-refractivity contribution in [1.82, 2.24) is 0 Å². The van der Waals surface area contributed by atoms with E-state index >= 15 is 0 Å². The Morgan fingerprint density at radius 2 is 2.10 bits per heavy atom. The first-order valence-corrected chi connectivity index (χ1v) is 5.63. The number of fused-ring (bicyclic) bond motifs is 1. The maximum Gasteiger partial charge on any atom is 0.286 e. The molecule has 0 aromatic carbocycles. The standard InChI is InChI=1S/C10H13N7O3/c1-3(18)4(11)6(19)10(13)5-8(15-2-14-5)16-9(17-10)7(12)20/h2-4,18H,11,13H2,1H3,(H2,12,20). The van der Waals surface area contributed by atoms with Crippen LogP contribution < -0.4 is 17.2 Å². The lowest BCUT2D eigenvalue weighted by Crippen LogP contribution is -2.64. The van der Waals surface area contributed by atoms with Gasteiger partial charge in [0.15, 0.2) is 5.84 Å². The van der Waals surface area contributed by atoms with Gasteiger partial charge in [0.2, 0.25) is 17.3 Å². The average molecular weight is 279 g/mol. The van der Waals surface area contributed by atoms with Crippen LogP contribution in [-0.2, 0) is 9.59 Å². The lowest BCUT2D eigenvalue weighted by Gasteiger charge is -2.29. The lowest BCUT2D eigenvalue weighted by molar-refractivity contribution is -0.125. The Morgan fingerprint density at radius 1 is 1.45 bits per heavy atom. The molecular formula is C10H13N7O3. The molecule has 1 amide bonds. The molecule has 20 heavy (non-hydrogen) atoms. The number of primary amides is 1. The van der Waals surface area contributed by atoms with Crippen molar-refractivity contribution in [2.75, 3.05) is 0 Å². The number of ketones is 1. The van der Waals surface area contributed by atoms with Crippen molar-refractivity contribution >= 4 is 35.4 Å². The molecule has 106 valence electrons. The fourth-order valence-electron chi connectivity index (χ4n) is 1.71. The first-order valence-electron chi connectivity index (χ1n) is 5.63. The molecule has 0 bridgehead atoms. The number of hydrogen-bond donors (Lipinski definition) is 4. The Labute approximate surface area is 113 Å². The number of aliphatic hydroxyl groups excluding tert-OH is 1. The second-order valence-electron chi connectivity index (χ2n) is 4.35. The molecule has 0 fully saturated rings. The first kappa shape index (κ1) is 14.1. The predicted molar refractivity (Wildman–Crippen MR) is 71.6 cm³/mol. The lowest BCUT2D eigenvalue weighted by atomic mass is 9.91. The quantitative estimate of drug-likeness (QED) is 0.419. The molecule has 10 heteroatoms. The number of rotatable bonds is 4. The van der Waals surface area contributed by atoms with Crippen LogP contribution in [0.15, 0.2) is 20.0 Å². The van der Waals surface area contributed by atoms with E-state index < -0.39 is 35.3 Å². The number of carbonyl (C=O) groups excluding carboxylic acids is 2. The number of nitrogens with two attached hydrogens (primary N) is 3. The van der Waals surface area contributed by atoms with Crippen LogP contribution in [0.2, 0.25) is 0 Å². The monoisotopic (exact) mass is 279 g/mol. The highest BCUT2D eigenvalue weighted by Gasteiger charge is 2.49. The van der Waals surface area contributed by atoms with Gasteiger partial charge in [-0.25, -0.2) is 20.0 Å². The normalized spacial score (nSPS) is 27.1. The van der Waals surface area contributed by atoms with Gasteiger partial charge in [0, 0.05) is 0 Å². The van der Waals surface area contributed by atoms with E-state index in [2.05, 4.69) is 20.0 Å². The molecule has 2 aliphatic heterocycles. The summed E-state index contributed by atoms with van der Waals surface area (Å²) in [6.07, 6.45) is -0.0310. The maximum atomic E-state index is 12.3. The van der Waals surface area contributed by atoms with Gasteiger partial charge in [-0.15, -0.1) is 0 Å². The van der Waals surface area contributed by atoms with E-state index in [-0.39, 0.29) is 11.5 Å². The summed E-state index contributed by atoms with van der Waals surface area (Å²) in [5, 5.41) is 9.41. The van der Waals surface area contributed by atoms with Crippen LogP contribution in [0.4, 0.5) is 0 Å². The minimum Gasteiger partial charge on any atom is -0.391 e. The van der Waals surface area contributed by atoms with Crippen LogP contribution in [-0.4, -0.2) is 58.3 Å². The van der Waals surface area contributed by atoms with Gasteiger partial charge in [0.1, 0.15) is 12.1 Å². The van der Waals surface area contributed by atoms with Gasteiger partial charge in [-0.1, -0.05) is 0 Å². The Kier molecular flexibility index (Phi) is 3.29. The third kappa shape index (κ3) is 2.05. The number of aliphatic hydroxyl groups is 1. The maximum absolute atomic E-state index is 12.3. The van der Waals surface area contributed by atoms with E-state index in [4.69, 9.17) is 17.2 Å². The molecule has 2 rings (SSSR count). The van der Waals surface area contributed by atoms with Crippen LogP contribution in [0.25, 0.3) is 0 Å². The van der Waals surface area contributed by atoms with E-state index in [1.165, 1.54) is 6.92 Å². The van der Waals surface area contributed by atoms with Crippen LogP contribution in [0.3, 0.4) is 0 Å². The van der Waals surface area contributed by atoms with Crippen molar-refractivity contribution in [3.63, 3.8) is 0 Å². The Hall–Kier alpha value is -2.30. The Bertz CT molecular complexity index is 604. The topological polar surface area (TPSA) is 182 Å². The van der Waals surface area contributed by atoms with Crippen molar-refractivity contribution in [3.05, 3.63) is 0 Å². The number of nitrogens with zero attached hydrogens (tertiary/aromatic N) is 4. The smallest absolute Gasteiger partial charge is 0.286 e. The third-order valence-electron chi connectivity index (χ3n) is 2.85. The third-order valence-corrected chi connectivity index (χ3v) is 2.85. The molecule has 3 atom stereocenters. The second-order valence-corrected chi connectivity index (χ2v) is 4.35. The van der Waals surface area contributed by atoms with Gasteiger partial charge in [-0.2, -0.15) is 0 Å². The van der Waals surface area contributed by atoms with Gasteiger partial charge >= 0.3 is 0 Å². The molecule has 0 spiro atoms. The number of amides is 1. The fourth-order valence-corrected chi connectivity index (χ4v) is 1.71. The number of hydrogen-bond acceptors (Lipinski definition) is 9. The van der Waals surface area contributed by atoms with E-state index in [9.17, 15) is 14.7 Å². The number of Topliss-reactive ketones (excluding diaryl/α,β-unsaturated/α-hetero) is 1. The summed E-state index contributed by atoms with van der Waals surface area (Å²) in [6, 6.07) is -1.31. The minimum absolute atomic E-state index is 0.0255. The minimum atomic E-state index is -2.05. The van der Waals surface area contributed by atoms with E-state index in [1.807, 2.05) is 0 Å². The summed E-state index contributed by atoms with van der Waals surface area (Å²) in [4.78, 5) is 38.6. The zero-order valence-corrected chi connectivity index (χ0v) is 10.5. The summed E-state index contributed by atoms with van der Waals surface area (Å²) in [6.45, 7) is 1.33. The summed E-state index contributed by atoms with van der Waals surface area (Å²) >= 11 is 0. The number of aliphatic imine (C=N–C) groups is 4. The zero-order valence-electron chi connectivity index (χ0n) is 10.5. The molecule has 0 aromatic heterocycles. The number of carbonyl (C=O) groups is 2. The molecule has 0 saturated carbocycles. The zero-order chi connectivity index (χ0) is 15.1. The largest absolute Gasteiger partial charge is 0.391 e. The summed E-state index contributed by atoms with van der Waals surface area (Å²) < 4.78 is 0. The van der Waals surface area contributed by atoms with Crippen LogP contribution in [0.5, 0.6) is 0 Å². The van der Waals surface area contributed by atoms with Crippen LogP contribution in [0.1, 0.15) is 6.92 Å². The highest BCUT2D eigenvalue weighted by molar-refractivity contribution is 6.58. The van der Waals surface area contributed by atoms with Crippen molar-refractivity contribution in [1.29, 1.82) is 0 Å². The molecule has 0 aromatic rings. The molecule has 0 aliphatic carbocycles. The van der Waals surface area contributed by atoms with E-state index in [0.29, 0.717) is 0 Å². The molecule has 2 heterocycles. The molecule has 7 N–H and O–H groups in total. The van der Waals surface area contributed by atoms with E-state index in [1.54, 1.807) is 0 Å². The molecular weight excluding hydrogens is 266 g/mol. The van der Waals surface area contributed by atoms with Crippen molar-refractivity contribution < 1.29 is 14.7 Å². The van der Waals surface area contributed by atoms with Crippen LogP contribution >= 0.6 is 0 Å². The van der Waals surface area contributed by atoms with Gasteiger partial charge < -0.3 is 16.6 Å².